The molecule has 0 radical (unpaired) electrons. The van der Waals surface area contributed by atoms with E-state index in [4.69, 9.17) is 14.2 Å². The van der Waals surface area contributed by atoms with E-state index in [9.17, 15) is 0 Å². The van der Waals surface area contributed by atoms with Gasteiger partial charge in [0.2, 0.25) is 0 Å². The molecule has 0 bridgehead atoms. The van der Waals surface area contributed by atoms with Crippen LogP contribution in [-0.4, -0.2) is 41.8 Å². The fraction of sp³-hybridized carbons (Fsp3) is 0.562. The van der Waals surface area contributed by atoms with Crippen molar-refractivity contribution in [2.24, 2.45) is 7.05 Å². The fourth-order valence-electron chi connectivity index (χ4n) is 1.95. The molecular weight excluding hydrogens is 314 g/mol. The van der Waals surface area contributed by atoms with Crippen LogP contribution in [0.15, 0.2) is 24.5 Å². The molecule has 2 aromatic heterocycles. The number of pyridine rings is 1. The van der Waals surface area contributed by atoms with Crippen LogP contribution in [0.5, 0.6) is 5.88 Å². The quantitative estimate of drug-likeness (QED) is 0.464. The van der Waals surface area contributed by atoms with Gasteiger partial charge in [-0.3, -0.25) is 0 Å². The molecule has 0 atom stereocenters. The molecule has 2 rings (SSSR count). The fourth-order valence-corrected chi connectivity index (χ4v) is 2.46. The Kier molecular flexibility index (Phi) is 7.92. The lowest BCUT2D eigenvalue weighted by atomic mass is 10.2. The van der Waals surface area contributed by atoms with Crippen LogP contribution in [0, 0.1) is 0 Å². The van der Waals surface area contributed by atoms with Crippen molar-refractivity contribution in [1.82, 2.24) is 8.75 Å². The van der Waals surface area contributed by atoms with Crippen molar-refractivity contribution in [2.75, 3.05) is 33.0 Å². The molecule has 0 aliphatic carbocycles. The van der Waals surface area contributed by atoms with Crippen LogP contribution >= 0.6 is 11.7 Å². The van der Waals surface area contributed by atoms with E-state index in [-0.39, 0.29) is 0 Å². The van der Waals surface area contributed by atoms with Crippen LogP contribution in [0.25, 0.3) is 11.3 Å². The van der Waals surface area contributed by atoms with Crippen molar-refractivity contribution in [2.45, 2.75) is 19.8 Å². The van der Waals surface area contributed by atoms with E-state index in [1.54, 1.807) is 0 Å². The summed E-state index contributed by atoms with van der Waals surface area (Å²) in [4.78, 5) is 0. The van der Waals surface area contributed by atoms with Crippen LogP contribution in [-0.2, 0) is 16.5 Å². The van der Waals surface area contributed by atoms with Crippen LogP contribution in [0.1, 0.15) is 19.8 Å². The standard InChI is InChI=1S/C16H24N3O3S/c1-3-4-8-20-9-10-21-11-12-22-16-15(17-23-18-16)14-6-5-7-19(2)13-14/h5-7,13H,3-4,8-12H2,1-2H3/q+1. The summed E-state index contributed by atoms with van der Waals surface area (Å²) in [5, 5.41) is 0. The number of rotatable bonds is 11. The lowest BCUT2D eigenvalue weighted by molar-refractivity contribution is -0.671. The van der Waals surface area contributed by atoms with E-state index in [0.29, 0.717) is 32.3 Å². The lowest BCUT2D eigenvalue weighted by Gasteiger charge is -2.06. The monoisotopic (exact) mass is 338 g/mol. The second-order valence-electron chi connectivity index (χ2n) is 5.10. The SMILES string of the molecule is CCCCOCCOCCOc1nsnc1-c1ccc[n+](C)c1. The Labute approximate surface area is 141 Å². The number of nitrogens with zero attached hydrogens (tertiary/aromatic N) is 3. The number of ether oxygens (including phenoxy) is 3. The molecule has 7 heteroatoms. The number of aromatic nitrogens is 3. The Balaban J connectivity index is 1.68. The predicted octanol–water partition coefficient (Wildman–Crippen LogP) is 2.24. The summed E-state index contributed by atoms with van der Waals surface area (Å²) in [7, 11) is 1.97. The maximum absolute atomic E-state index is 5.68. The molecule has 0 amide bonds. The van der Waals surface area contributed by atoms with Gasteiger partial charge in [-0.15, -0.1) is 4.37 Å². The maximum atomic E-state index is 5.68. The highest BCUT2D eigenvalue weighted by Crippen LogP contribution is 2.26. The minimum Gasteiger partial charge on any atom is -0.473 e. The Morgan fingerprint density at radius 2 is 1.87 bits per heavy atom. The van der Waals surface area contributed by atoms with E-state index in [0.717, 1.165) is 42.4 Å². The summed E-state index contributed by atoms with van der Waals surface area (Å²) < 4.78 is 27.1. The molecule has 2 heterocycles. The van der Waals surface area contributed by atoms with Crippen molar-refractivity contribution >= 4 is 11.7 Å². The zero-order valence-electron chi connectivity index (χ0n) is 13.7. The summed E-state index contributed by atoms with van der Waals surface area (Å²) in [5.41, 5.74) is 1.76. The molecule has 0 N–H and O–H groups in total. The Bertz CT molecular complexity index is 577. The molecule has 0 spiro atoms. The zero-order chi connectivity index (χ0) is 16.3. The molecule has 2 aromatic rings. The Hall–Kier alpha value is -1.57. The van der Waals surface area contributed by atoms with Gasteiger partial charge in [0.15, 0.2) is 18.1 Å². The second-order valence-corrected chi connectivity index (χ2v) is 5.63. The van der Waals surface area contributed by atoms with Crippen molar-refractivity contribution in [3.63, 3.8) is 0 Å². The van der Waals surface area contributed by atoms with Crippen molar-refractivity contribution in [3.8, 4) is 17.1 Å². The summed E-state index contributed by atoms with van der Waals surface area (Å²) in [5.74, 6) is 0.559. The number of aryl methyl sites for hydroxylation is 1. The highest BCUT2D eigenvalue weighted by atomic mass is 32.1. The number of unbranched alkanes of at least 4 members (excludes halogenated alkanes) is 1. The highest BCUT2D eigenvalue weighted by molar-refractivity contribution is 6.99. The molecule has 0 saturated carbocycles. The zero-order valence-corrected chi connectivity index (χ0v) is 14.6. The van der Waals surface area contributed by atoms with E-state index in [2.05, 4.69) is 15.7 Å². The van der Waals surface area contributed by atoms with Gasteiger partial charge in [-0.25, -0.2) is 4.57 Å². The minimum absolute atomic E-state index is 0.451. The molecular formula is C16H24N3O3S+. The highest BCUT2D eigenvalue weighted by Gasteiger charge is 2.14. The molecule has 0 fully saturated rings. The maximum Gasteiger partial charge on any atom is 0.254 e. The van der Waals surface area contributed by atoms with Gasteiger partial charge >= 0.3 is 0 Å². The molecule has 0 unspecified atom stereocenters. The van der Waals surface area contributed by atoms with E-state index < -0.39 is 0 Å². The van der Waals surface area contributed by atoms with Gasteiger partial charge in [0, 0.05) is 12.7 Å². The van der Waals surface area contributed by atoms with E-state index in [1.165, 1.54) is 0 Å². The summed E-state index contributed by atoms with van der Waals surface area (Å²) >= 11 is 1.15. The van der Waals surface area contributed by atoms with E-state index in [1.807, 2.05) is 36.1 Å². The first-order valence-electron chi connectivity index (χ1n) is 7.87. The van der Waals surface area contributed by atoms with Crippen molar-refractivity contribution in [3.05, 3.63) is 24.5 Å². The normalized spacial score (nSPS) is 10.9. The van der Waals surface area contributed by atoms with Gasteiger partial charge < -0.3 is 14.2 Å². The van der Waals surface area contributed by atoms with Gasteiger partial charge in [-0.2, -0.15) is 4.37 Å². The first kappa shape index (κ1) is 17.8. The van der Waals surface area contributed by atoms with Gasteiger partial charge in [0.05, 0.1) is 37.1 Å². The molecule has 0 aromatic carbocycles. The molecule has 0 aliphatic rings. The summed E-state index contributed by atoms with van der Waals surface area (Å²) in [6.07, 6.45) is 6.21. The largest absolute Gasteiger partial charge is 0.473 e. The van der Waals surface area contributed by atoms with Crippen LogP contribution in [0.4, 0.5) is 0 Å². The average Bonchev–Trinajstić information content (AvgIpc) is 3.02. The van der Waals surface area contributed by atoms with Crippen molar-refractivity contribution in [1.29, 1.82) is 0 Å². The van der Waals surface area contributed by atoms with Gasteiger partial charge in [-0.05, 0) is 12.5 Å². The van der Waals surface area contributed by atoms with Crippen molar-refractivity contribution < 1.29 is 18.8 Å². The first-order valence-corrected chi connectivity index (χ1v) is 8.60. The third kappa shape index (κ3) is 6.21. The minimum atomic E-state index is 0.451. The number of hydrogen-bond donors (Lipinski definition) is 0. The van der Waals surface area contributed by atoms with Crippen LogP contribution in [0.2, 0.25) is 0 Å². The van der Waals surface area contributed by atoms with Gasteiger partial charge in [0.25, 0.3) is 5.88 Å². The number of hydrogen-bond acceptors (Lipinski definition) is 6. The third-order valence-electron chi connectivity index (χ3n) is 3.15. The lowest BCUT2D eigenvalue weighted by Crippen LogP contribution is -2.26. The third-order valence-corrected chi connectivity index (χ3v) is 3.66. The predicted molar refractivity (Wildman–Crippen MR) is 88.6 cm³/mol. The molecule has 0 saturated heterocycles. The van der Waals surface area contributed by atoms with Crippen LogP contribution < -0.4 is 9.30 Å². The van der Waals surface area contributed by atoms with Crippen LogP contribution in [0.3, 0.4) is 0 Å². The Morgan fingerprint density at radius 3 is 2.65 bits per heavy atom. The van der Waals surface area contributed by atoms with Gasteiger partial charge in [-0.1, -0.05) is 13.3 Å². The summed E-state index contributed by atoms with van der Waals surface area (Å²) in [6.45, 7) is 5.13. The molecule has 0 aliphatic heterocycles. The molecule has 126 valence electrons. The topological polar surface area (TPSA) is 57.4 Å². The summed E-state index contributed by atoms with van der Waals surface area (Å²) in [6, 6.07) is 3.97. The van der Waals surface area contributed by atoms with E-state index >= 15 is 0 Å². The van der Waals surface area contributed by atoms with Gasteiger partial charge in [0.1, 0.15) is 13.7 Å². The second kappa shape index (κ2) is 10.3. The average molecular weight is 338 g/mol. The Morgan fingerprint density at radius 1 is 1.09 bits per heavy atom. The first-order chi connectivity index (χ1) is 11.3. The molecule has 23 heavy (non-hydrogen) atoms. The molecule has 6 nitrogen and oxygen atoms in total. The smallest absolute Gasteiger partial charge is 0.254 e.